The van der Waals surface area contributed by atoms with E-state index >= 15 is 0 Å². The molecule has 0 radical (unpaired) electrons. The van der Waals surface area contributed by atoms with Gasteiger partial charge in [0.2, 0.25) is 5.89 Å². The Hall–Kier alpha value is -2.26. The van der Waals surface area contributed by atoms with Crippen LogP contribution in [0.4, 0.5) is 0 Å². The topological polar surface area (TPSA) is 105 Å². The quantitative estimate of drug-likeness (QED) is 0.846. The Kier molecular flexibility index (Phi) is 4.14. The van der Waals surface area contributed by atoms with Crippen LogP contribution in [-0.4, -0.2) is 48.4 Å². The SMILES string of the molecule is CC1=NN(C(=O)CSc2nnc(-c3ccncc3)o2)[C@](C)(O)C1. The number of carbonyl (C=O) groups excluding carboxylic acids is 1. The van der Waals surface area contributed by atoms with Crippen molar-refractivity contribution in [2.45, 2.75) is 31.2 Å². The average molecular weight is 333 g/mol. The monoisotopic (exact) mass is 333 g/mol. The standard InChI is InChI=1S/C14H15N5O3S/c1-9-7-14(2,21)19(18-9)11(20)8-23-13-17-16-12(22-13)10-3-5-15-6-4-10/h3-6,21H,7-8H2,1-2H3/t14-/m1/s1. The zero-order valence-electron chi connectivity index (χ0n) is 12.6. The molecule has 3 rings (SSSR count). The zero-order chi connectivity index (χ0) is 16.4. The summed E-state index contributed by atoms with van der Waals surface area (Å²) in [4.78, 5) is 16.1. The molecule has 2 aromatic rings. The van der Waals surface area contributed by atoms with E-state index < -0.39 is 5.72 Å². The lowest BCUT2D eigenvalue weighted by molar-refractivity contribution is -0.149. The van der Waals surface area contributed by atoms with Crippen molar-refractivity contribution in [2.24, 2.45) is 5.10 Å². The first kappa shape index (κ1) is 15.6. The van der Waals surface area contributed by atoms with Gasteiger partial charge in [-0.25, -0.2) is 5.01 Å². The summed E-state index contributed by atoms with van der Waals surface area (Å²) < 4.78 is 5.50. The molecule has 8 nitrogen and oxygen atoms in total. The number of hydrogen-bond donors (Lipinski definition) is 1. The Morgan fingerprint density at radius 1 is 1.43 bits per heavy atom. The molecular formula is C14H15N5O3S. The molecular weight excluding hydrogens is 318 g/mol. The molecule has 23 heavy (non-hydrogen) atoms. The third-order valence-corrected chi connectivity index (χ3v) is 4.01. The fourth-order valence-corrected chi connectivity index (χ4v) is 2.87. The van der Waals surface area contributed by atoms with E-state index in [4.69, 9.17) is 4.42 Å². The van der Waals surface area contributed by atoms with E-state index in [9.17, 15) is 9.90 Å². The van der Waals surface area contributed by atoms with Crippen molar-refractivity contribution in [3.8, 4) is 11.5 Å². The number of aliphatic hydroxyl groups is 1. The maximum absolute atomic E-state index is 12.2. The van der Waals surface area contributed by atoms with Gasteiger partial charge in [0.15, 0.2) is 5.72 Å². The summed E-state index contributed by atoms with van der Waals surface area (Å²) in [7, 11) is 0. The van der Waals surface area contributed by atoms with Gasteiger partial charge in [-0.15, -0.1) is 10.2 Å². The van der Waals surface area contributed by atoms with E-state index in [1.165, 1.54) is 0 Å². The molecule has 0 spiro atoms. The molecule has 1 aliphatic heterocycles. The molecule has 1 atom stereocenters. The molecule has 1 aliphatic rings. The minimum Gasteiger partial charge on any atom is -0.411 e. The molecule has 0 saturated carbocycles. The molecule has 120 valence electrons. The number of thioether (sulfide) groups is 1. The number of aromatic nitrogens is 3. The molecule has 0 aliphatic carbocycles. The molecule has 1 amide bonds. The minimum atomic E-state index is -1.28. The fraction of sp³-hybridized carbons (Fsp3) is 0.357. The summed E-state index contributed by atoms with van der Waals surface area (Å²) in [6.07, 6.45) is 3.60. The normalized spacial score (nSPS) is 20.7. The summed E-state index contributed by atoms with van der Waals surface area (Å²) in [6, 6.07) is 3.51. The second-order valence-electron chi connectivity index (χ2n) is 5.33. The molecule has 0 aromatic carbocycles. The Morgan fingerprint density at radius 2 is 2.17 bits per heavy atom. The number of carbonyl (C=O) groups is 1. The van der Waals surface area contributed by atoms with E-state index in [0.29, 0.717) is 18.0 Å². The Labute approximate surface area is 136 Å². The van der Waals surface area contributed by atoms with Crippen LogP contribution in [-0.2, 0) is 4.79 Å². The third-order valence-electron chi connectivity index (χ3n) is 3.21. The fourth-order valence-electron chi connectivity index (χ4n) is 2.26. The minimum absolute atomic E-state index is 0.0465. The first-order valence-electron chi connectivity index (χ1n) is 6.92. The summed E-state index contributed by atoms with van der Waals surface area (Å²) in [5.74, 6) is 0.0927. The summed E-state index contributed by atoms with van der Waals surface area (Å²) >= 11 is 1.11. The molecule has 2 aromatic heterocycles. The van der Waals surface area contributed by atoms with Crippen LogP contribution < -0.4 is 0 Å². The molecule has 0 saturated heterocycles. The number of amides is 1. The van der Waals surface area contributed by atoms with Gasteiger partial charge < -0.3 is 9.52 Å². The molecule has 9 heteroatoms. The number of hydrogen-bond acceptors (Lipinski definition) is 8. The molecule has 1 N–H and O–H groups in total. The largest absolute Gasteiger partial charge is 0.411 e. The van der Waals surface area contributed by atoms with Crippen molar-refractivity contribution in [3.63, 3.8) is 0 Å². The van der Waals surface area contributed by atoms with Crippen molar-refractivity contribution in [3.05, 3.63) is 24.5 Å². The maximum Gasteiger partial charge on any atom is 0.277 e. The van der Waals surface area contributed by atoms with Crippen LogP contribution in [0, 0.1) is 0 Å². The van der Waals surface area contributed by atoms with Gasteiger partial charge in [0.05, 0.1) is 5.75 Å². The number of nitrogens with zero attached hydrogens (tertiary/aromatic N) is 5. The van der Waals surface area contributed by atoms with Gasteiger partial charge in [0.25, 0.3) is 11.1 Å². The Balaban J connectivity index is 1.63. The van der Waals surface area contributed by atoms with Gasteiger partial charge in [-0.1, -0.05) is 11.8 Å². The van der Waals surface area contributed by atoms with Gasteiger partial charge in [-0.3, -0.25) is 9.78 Å². The second kappa shape index (κ2) is 6.09. The van der Waals surface area contributed by atoms with Crippen LogP contribution in [0.15, 0.2) is 39.3 Å². The Morgan fingerprint density at radius 3 is 2.83 bits per heavy atom. The highest BCUT2D eigenvalue weighted by Crippen LogP contribution is 2.27. The lowest BCUT2D eigenvalue weighted by atomic mass is 10.1. The predicted molar refractivity (Wildman–Crippen MR) is 83.4 cm³/mol. The van der Waals surface area contributed by atoms with E-state index in [-0.39, 0.29) is 16.9 Å². The number of rotatable bonds is 4. The van der Waals surface area contributed by atoms with Crippen molar-refractivity contribution >= 4 is 23.4 Å². The van der Waals surface area contributed by atoms with Crippen molar-refractivity contribution < 1.29 is 14.3 Å². The number of hydrazone groups is 1. The smallest absolute Gasteiger partial charge is 0.277 e. The highest BCUT2D eigenvalue weighted by Gasteiger charge is 2.38. The molecule has 0 bridgehead atoms. The average Bonchev–Trinajstić information content (AvgIpc) is 3.09. The lowest BCUT2D eigenvalue weighted by Crippen LogP contribution is -2.44. The van der Waals surface area contributed by atoms with Gasteiger partial charge in [-0.05, 0) is 26.0 Å². The van der Waals surface area contributed by atoms with Crippen LogP contribution in [0.5, 0.6) is 0 Å². The van der Waals surface area contributed by atoms with Crippen LogP contribution >= 0.6 is 11.8 Å². The molecule has 0 unspecified atom stereocenters. The highest BCUT2D eigenvalue weighted by molar-refractivity contribution is 7.99. The predicted octanol–water partition coefficient (Wildman–Crippen LogP) is 1.54. The first-order chi connectivity index (χ1) is 11.0. The van der Waals surface area contributed by atoms with Gasteiger partial charge >= 0.3 is 0 Å². The van der Waals surface area contributed by atoms with Crippen LogP contribution in [0.1, 0.15) is 20.3 Å². The van der Waals surface area contributed by atoms with Gasteiger partial charge in [0.1, 0.15) is 0 Å². The van der Waals surface area contributed by atoms with Crippen molar-refractivity contribution in [2.75, 3.05) is 5.75 Å². The summed E-state index contributed by atoms with van der Waals surface area (Å²) in [5.41, 5.74) is 0.193. The van der Waals surface area contributed by atoms with Gasteiger partial charge in [0, 0.05) is 30.1 Å². The van der Waals surface area contributed by atoms with E-state index in [2.05, 4.69) is 20.3 Å². The van der Waals surface area contributed by atoms with Gasteiger partial charge in [-0.2, -0.15) is 5.10 Å². The van der Waals surface area contributed by atoms with Crippen LogP contribution in [0.3, 0.4) is 0 Å². The first-order valence-corrected chi connectivity index (χ1v) is 7.90. The highest BCUT2D eigenvalue weighted by atomic mass is 32.2. The Bertz CT molecular complexity index is 744. The molecule has 3 heterocycles. The van der Waals surface area contributed by atoms with E-state index in [1.807, 2.05) is 0 Å². The third kappa shape index (κ3) is 3.40. The number of pyridine rings is 1. The van der Waals surface area contributed by atoms with Crippen LogP contribution in [0.2, 0.25) is 0 Å². The second-order valence-corrected chi connectivity index (χ2v) is 6.26. The molecule has 0 fully saturated rings. The van der Waals surface area contributed by atoms with Crippen LogP contribution in [0.25, 0.3) is 11.5 Å². The van der Waals surface area contributed by atoms with Crippen molar-refractivity contribution in [1.29, 1.82) is 0 Å². The van der Waals surface area contributed by atoms with E-state index in [1.54, 1.807) is 38.4 Å². The zero-order valence-corrected chi connectivity index (χ0v) is 13.4. The van der Waals surface area contributed by atoms with Crippen molar-refractivity contribution in [1.82, 2.24) is 20.2 Å². The lowest BCUT2D eigenvalue weighted by Gasteiger charge is -2.26. The maximum atomic E-state index is 12.2. The summed E-state index contributed by atoms with van der Waals surface area (Å²) in [5, 5.41) is 23.5. The van der Waals surface area contributed by atoms with E-state index in [0.717, 1.165) is 22.3 Å². The summed E-state index contributed by atoms with van der Waals surface area (Å²) in [6.45, 7) is 3.33.